The van der Waals surface area contributed by atoms with Crippen molar-refractivity contribution < 1.29 is 0 Å². The number of rotatable bonds is 12. The van der Waals surface area contributed by atoms with Crippen LogP contribution in [-0.4, -0.2) is 0 Å². The van der Waals surface area contributed by atoms with Crippen LogP contribution in [0.5, 0.6) is 0 Å². The third-order valence-electron chi connectivity index (χ3n) is 4.61. The first-order valence-electron chi connectivity index (χ1n) is 8.99. The molecule has 0 heteroatoms. The summed E-state index contributed by atoms with van der Waals surface area (Å²) < 4.78 is 0. The van der Waals surface area contributed by atoms with E-state index in [0.717, 1.165) is 23.7 Å². The van der Waals surface area contributed by atoms with Crippen LogP contribution < -0.4 is 0 Å². The second-order valence-electron chi connectivity index (χ2n) is 7.42. The van der Waals surface area contributed by atoms with E-state index in [2.05, 4.69) is 41.5 Å². The summed E-state index contributed by atoms with van der Waals surface area (Å²) in [6.45, 7) is 14.3. The summed E-state index contributed by atoms with van der Waals surface area (Å²) in [5.74, 6) is 3.70. The summed E-state index contributed by atoms with van der Waals surface area (Å²) in [6, 6.07) is 0. The predicted octanol–water partition coefficient (Wildman–Crippen LogP) is 7.08. The first-order chi connectivity index (χ1) is 8.99. The average Bonchev–Trinajstić information content (AvgIpc) is 2.35. The smallest absolute Gasteiger partial charge is 0.0409 e. The Hall–Kier alpha value is 0. The summed E-state index contributed by atoms with van der Waals surface area (Å²) in [5, 5.41) is 0. The maximum atomic E-state index is 2.46. The Morgan fingerprint density at radius 1 is 0.684 bits per heavy atom. The molecule has 3 unspecified atom stereocenters. The van der Waals surface area contributed by atoms with E-state index in [0.29, 0.717) is 0 Å². The molecule has 0 heterocycles. The van der Waals surface area contributed by atoms with Gasteiger partial charge in [0.2, 0.25) is 0 Å². The van der Waals surface area contributed by atoms with Crippen LogP contribution in [0, 0.1) is 23.7 Å². The Labute approximate surface area is 123 Å². The molecule has 0 saturated carbocycles. The predicted molar refractivity (Wildman–Crippen MR) is 89.6 cm³/mol. The SMILES string of the molecule is CCCCCC(C)CCC(CC(C)C)CC(C)CC. The van der Waals surface area contributed by atoms with Crippen LogP contribution in [0.25, 0.3) is 0 Å². The van der Waals surface area contributed by atoms with E-state index < -0.39 is 0 Å². The second kappa shape index (κ2) is 11.8. The van der Waals surface area contributed by atoms with Gasteiger partial charge in [0.05, 0.1) is 0 Å². The summed E-state index contributed by atoms with van der Waals surface area (Å²) in [5.41, 5.74) is 0. The van der Waals surface area contributed by atoms with E-state index in [-0.39, 0.29) is 0 Å². The third-order valence-corrected chi connectivity index (χ3v) is 4.61. The van der Waals surface area contributed by atoms with Gasteiger partial charge in [-0.1, -0.05) is 86.5 Å². The molecule has 19 heavy (non-hydrogen) atoms. The molecule has 0 aliphatic carbocycles. The highest BCUT2D eigenvalue weighted by atomic mass is 14.2. The Balaban J connectivity index is 3.95. The minimum Gasteiger partial charge on any atom is -0.0654 e. The van der Waals surface area contributed by atoms with Gasteiger partial charge in [0.15, 0.2) is 0 Å². The van der Waals surface area contributed by atoms with Crippen molar-refractivity contribution in [2.24, 2.45) is 23.7 Å². The van der Waals surface area contributed by atoms with Crippen LogP contribution in [-0.2, 0) is 0 Å². The molecule has 0 aromatic rings. The van der Waals surface area contributed by atoms with Gasteiger partial charge in [-0.15, -0.1) is 0 Å². The van der Waals surface area contributed by atoms with Crippen LogP contribution >= 0.6 is 0 Å². The molecular weight excluding hydrogens is 228 g/mol. The molecule has 0 aromatic heterocycles. The molecule has 0 aliphatic heterocycles. The molecular formula is C19H40. The van der Waals surface area contributed by atoms with Gasteiger partial charge in [0.1, 0.15) is 0 Å². The molecule has 0 rings (SSSR count). The third kappa shape index (κ3) is 11.5. The van der Waals surface area contributed by atoms with Gasteiger partial charge in [-0.3, -0.25) is 0 Å². The van der Waals surface area contributed by atoms with Gasteiger partial charge >= 0.3 is 0 Å². The Kier molecular flexibility index (Phi) is 11.8. The summed E-state index contributed by atoms with van der Waals surface area (Å²) in [7, 11) is 0. The fourth-order valence-corrected chi connectivity index (χ4v) is 3.14. The maximum Gasteiger partial charge on any atom is -0.0409 e. The molecule has 0 radical (unpaired) electrons. The monoisotopic (exact) mass is 268 g/mol. The van der Waals surface area contributed by atoms with E-state index >= 15 is 0 Å². The molecule has 0 amide bonds. The molecule has 0 bridgehead atoms. The largest absolute Gasteiger partial charge is 0.0654 e. The highest BCUT2D eigenvalue weighted by molar-refractivity contribution is 4.67. The Morgan fingerprint density at radius 3 is 1.89 bits per heavy atom. The van der Waals surface area contributed by atoms with Crippen molar-refractivity contribution in [3.8, 4) is 0 Å². The highest BCUT2D eigenvalue weighted by Gasteiger charge is 2.15. The lowest BCUT2D eigenvalue weighted by Gasteiger charge is -2.23. The average molecular weight is 269 g/mol. The quantitative estimate of drug-likeness (QED) is 0.332. The van der Waals surface area contributed by atoms with Crippen LogP contribution in [0.15, 0.2) is 0 Å². The standard InChI is InChI=1S/C19H40/c1-7-9-10-11-18(6)12-13-19(14-16(3)4)15-17(5)8-2/h16-19H,7-15H2,1-6H3. The van der Waals surface area contributed by atoms with Crippen molar-refractivity contribution in [3.05, 3.63) is 0 Å². The van der Waals surface area contributed by atoms with Crippen LogP contribution in [0.2, 0.25) is 0 Å². The van der Waals surface area contributed by atoms with E-state index in [1.165, 1.54) is 57.8 Å². The van der Waals surface area contributed by atoms with E-state index in [9.17, 15) is 0 Å². The topological polar surface area (TPSA) is 0 Å². The molecule has 0 N–H and O–H groups in total. The van der Waals surface area contributed by atoms with Crippen molar-refractivity contribution >= 4 is 0 Å². The second-order valence-corrected chi connectivity index (χ2v) is 7.42. The van der Waals surface area contributed by atoms with Crippen molar-refractivity contribution in [1.29, 1.82) is 0 Å². The zero-order valence-electron chi connectivity index (χ0n) is 14.7. The molecule has 0 nitrogen and oxygen atoms in total. The van der Waals surface area contributed by atoms with Crippen molar-refractivity contribution in [2.45, 2.75) is 99.3 Å². The minimum atomic E-state index is 0.865. The van der Waals surface area contributed by atoms with Gasteiger partial charge < -0.3 is 0 Å². The molecule has 0 fully saturated rings. The van der Waals surface area contributed by atoms with E-state index in [4.69, 9.17) is 0 Å². The van der Waals surface area contributed by atoms with Crippen molar-refractivity contribution in [2.75, 3.05) is 0 Å². The zero-order chi connectivity index (χ0) is 14.7. The van der Waals surface area contributed by atoms with Crippen LogP contribution in [0.1, 0.15) is 99.3 Å². The zero-order valence-corrected chi connectivity index (χ0v) is 14.7. The lowest BCUT2D eigenvalue weighted by molar-refractivity contribution is 0.286. The minimum absolute atomic E-state index is 0.865. The van der Waals surface area contributed by atoms with Gasteiger partial charge in [-0.25, -0.2) is 0 Å². The van der Waals surface area contributed by atoms with Crippen molar-refractivity contribution in [1.82, 2.24) is 0 Å². The number of hydrogen-bond acceptors (Lipinski definition) is 0. The summed E-state index contributed by atoms with van der Waals surface area (Å²) in [6.07, 6.45) is 12.8. The molecule has 0 saturated heterocycles. The lowest BCUT2D eigenvalue weighted by atomic mass is 9.82. The fraction of sp³-hybridized carbons (Fsp3) is 1.00. The summed E-state index contributed by atoms with van der Waals surface area (Å²) >= 11 is 0. The first kappa shape index (κ1) is 19.0. The molecule has 0 spiro atoms. The summed E-state index contributed by atoms with van der Waals surface area (Å²) in [4.78, 5) is 0. The van der Waals surface area contributed by atoms with Gasteiger partial charge in [0, 0.05) is 0 Å². The van der Waals surface area contributed by atoms with Gasteiger partial charge in [0.25, 0.3) is 0 Å². The normalized spacial score (nSPS) is 16.6. The first-order valence-corrected chi connectivity index (χ1v) is 8.99. The van der Waals surface area contributed by atoms with Crippen LogP contribution in [0.3, 0.4) is 0 Å². The maximum absolute atomic E-state index is 2.46. The molecule has 3 atom stereocenters. The highest BCUT2D eigenvalue weighted by Crippen LogP contribution is 2.28. The Bertz CT molecular complexity index is 182. The Morgan fingerprint density at radius 2 is 1.37 bits per heavy atom. The number of unbranched alkanes of at least 4 members (excludes halogenated alkanes) is 2. The molecule has 0 aromatic carbocycles. The lowest BCUT2D eigenvalue weighted by Crippen LogP contribution is -2.11. The fourth-order valence-electron chi connectivity index (χ4n) is 3.14. The van der Waals surface area contributed by atoms with E-state index in [1.807, 2.05) is 0 Å². The van der Waals surface area contributed by atoms with Crippen LogP contribution in [0.4, 0.5) is 0 Å². The molecule has 0 aliphatic rings. The molecule has 116 valence electrons. The van der Waals surface area contributed by atoms with Gasteiger partial charge in [-0.2, -0.15) is 0 Å². The van der Waals surface area contributed by atoms with Crippen molar-refractivity contribution in [3.63, 3.8) is 0 Å². The van der Waals surface area contributed by atoms with Gasteiger partial charge in [-0.05, 0) is 36.5 Å². The van der Waals surface area contributed by atoms with E-state index in [1.54, 1.807) is 0 Å². The number of hydrogen-bond donors (Lipinski definition) is 0.